The van der Waals surface area contributed by atoms with E-state index in [2.05, 4.69) is 30.1 Å². The average Bonchev–Trinajstić information content (AvgIpc) is 3.14. The van der Waals surface area contributed by atoms with Crippen molar-refractivity contribution in [2.24, 2.45) is 0 Å². The summed E-state index contributed by atoms with van der Waals surface area (Å²) in [6, 6.07) is 1.99. The Labute approximate surface area is 133 Å². The molecular formula is C15H19N7O. The second-order valence-corrected chi connectivity index (χ2v) is 5.89. The number of fused-ring (bicyclic) bond motifs is 1. The Morgan fingerprint density at radius 1 is 1.13 bits per heavy atom. The molecular weight excluding hydrogens is 294 g/mol. The highest BCUT2D eigenvalue weighted by Gasteiger charge is 2.22. The Morgan fingerprint density at radius 2 is 1.96 bits per heavy atom. The molecule has 4 heterocycles. The molecule has 0 atom stereocenters. The maximum atomic E-state index is 5.30. The highest BCUT2D eigenvalue weighted by atomic mass is 16.5. The van der Waals surface area contributed by atoms with Crippen LogP contribution in [-0.2, 0) is 6.54 Å². The summed E-state index contributed by atoms with van der Waals surface area (Å²) in [5, 5.41) is 12.3. The third kappa shape index (κ3) is 2.65. The molecule has 0 N–H and O–H groups in total. The first-order chi connectivity index (χ1) is 11.2. The van der Waals surface area contributed by atoms with Crippen molar-refractivity contribution in [2.75, 3.05) is 31.1 Å². The van der Waals surface area contributed by atoms with Gasteiger partial charge in [0.15, 0.2) is 11.6 Å². The Kier molecular flexibility index (Phi) is 3.45. The summed E-state index contributed by atoms with van der Waals surface area (Å²) >= 11 is 0. The quantitative estimate of drug-likeness (QED) is 0.715. The van der Waals surface area contributed by atoms with E-state index < -0.39 is 0 Å². The lowest BCUT2D eigenvalue weighted by Gasteiger charge is -2.34. The van der Waals surface area contributed by atoms with E-state index in [0.29, 0.717) is 0 Å². The molecule has 0 aromatic carbocycles. The van der Waals surface area contributed by atoms with Crippen LogP contribution < -0.4 is 4.90 Å². The van der Waals surface area contributed by atoms with E-state index in [1.165, 1.54) is 0 Å². The Bertz CT molecular complexity index is 816. The topological polar surface area (TPSA) is 75.6 Å². The molecule has 0 aliphatic carbocycles. The second-order valence-electron chi connectivity index (χ2n) is 5.89. The number of nitrogens with zero attached hydrogens (tertiary/aromatic N) is 7. The second kappa shape index (κ2) is 5.62. The standard InChI is InChI=1S/C15H19N7O/c1-11-9-13(23-19-11)10-20-5-7-21(8-6-20)14-15-18-17-12(2)22(15)4-3-16-14/h3-4,9H,5-8,10H2,1-2H3. The number of piperazine rings is 1. The first kappa shape index (κ1) is 14.1. The average molecular weight is 313 g/mol. The summed E-state index contributed by atoms with van der Waals surface area (Å²) in [5.74, 6) is 2.70. The first-order valence-electron chi connectivity index (χ1n) is 7.76. The third-order valence-electron chi connectivity index (χ3n) is 4.21. The molecule has 0 amide bonds. The maximum absolute atomic E-state index is 5.30. The van der Waals surface area contributed by atoms with Crippen LogP contribution in [0.1, 0.15) is 17.3 Å². The normalized spacial score (nSPS) is 16.3. The SMILES string of the molecule is Cc1cc(CN2CCN(c3nccn4c(C)nnc34)CC2)on1. The van der Waals surface area contributed by atoms with Crippen molar-refractivity contribution >= 4 is 11.5 Å². The fraction of sp³-hybridized carbons (Fsp3) is 0.467. The fourth-order valence-corrected chi connectivity index (χ4v) is 2.98. The summed E-state index contributed by atoms with van der Waals surface area (Å²) in [4.78, 5) is 9.15. The van der Waals surface area contributed by atoms with Crippen LogP contribution in [0.15, 0.2) is 23.0 Å². The fourth-order valence-electron chi connectivity index (χ4n) is 2.98. The molecule has 8 heteroatoms. The lowest BCUT2D eigenvalue weighted by atomic mass is 10.3. The lowest BCUT2D eigenvalue weighted by Crippen LogP contribution is -2.46. The molecule has 0 spiro atoms. The highest BCUT2D eigenvalue weighted by molar-refractivity contribution is 5.63. The highest BCUT2D eigenvalue weighted by Crippen LogP contribution is 2.19. The zero-order valence-electron chi connectivity index (χ0n) is 13.3. The Balaban J connectivity index is 1.46. The van der Waals surface area contributed by atoms with Gasteiger partial charge >= 0.3 is 0 Å². The van der Waals surface area contributed by atoms with Crippen molar-refractivity contribution in [3.05, 3.63) is 35.7 Å². The predicted molar refractivity (Wildman–Crippen MR) is 84.2 cm³/mol. The van der Waals surface area contributed by atoms with Gasteiger partial charge in [0.2, 0.25) is 5.65 Å². The molecule has 0 bridgehead atoms. The zero-order valence-corrected chi connectivity index (χ0v) is 13.3. The minimum Gasteiger partial charge on any atom is -0.360 e. The molecule has 8 nitrogen and oxygen atoms in total. The van der Waals surface area contributed by atoms with Crippen molar-refractivity contribution in [1.82, 2.24) is 29.6 Å². The van der Waals surface area contributed by atoms with Crippen LogP contribution in [-0.4, -0.2) is 55.8 Å². The predicted octanol–water partition coefficient (Wildman–Crippen LogP) is 1.05. The smallest absolute Gasteiger partial charge is 0.203 e. The maximum Gasteiger partial charge on any atom is 0.203 e. The van der Waals surface area contributed by atoms with Crippen molar-refractivity contribution in [2.45, 2.75) is 20.4 Å². The van der Waals surface area contributed by atoms with Gasteiger partial charge < -0.3 is 9.42 Å². The van der Waals surface area contributed by atoms with E-state index in [1.54, 1.807) is 0 Å². The summed E-state index contributed by atoms with van der Waals surface area (Å²) in [6.45, 7) is 8.41. The van der Waals surface area contributed by atoms with Gasteiger partial charge in [0, 0.05) is 44.6 Å². The van der Waals surface area contributed by atoms with Gasteiger partial charge in [0.05, 0.1) is 12.2 Å². The molecule has 3 aromatic rings. The van der Waals surface area contributed by atoms with E-state index in [-0.39, 0.29) is 0 Å². The monoisotopic (exact) mass is 313 g/mol. The zero-order chi connectivity index (χ0) is 15.8. The number of aromatic nitrogens is 5. The van der Waals surface area contributed by atoms with Gasteiger partial charge in [-0.25, -0.2) is 4.98 Å². The van der Waals surface area contributed by atoms with Crippen molar-refractivity contribution in [3.8, 4) is 0 Å². The number of hydrogen-bond acceptors (Lipinski definition) is 7. The molecule has 3 aromatic heterocycles. The summed E-state index contributed by atoms with van der Waals surface area (Å²) in [7, 11) is 0. The van der Waals surface area contributed by atoms with Gasteiger partial charge in [-0.05, 0) is 13.8 Å². The van der Waals surface area contributed by atoms with Crippen LogP contribution in [0.25, 0.3) is 5.65 Å². The summed E-state index contributed by atoms with van der Waals surface area (Å²) in [6.07, 6.45) is 3.71. The molecule has 1 aliphatic rings. The van der Waals surface area contributed by atoms with Gasteiger partial charge in [-0.2, -0.15) is 0 Å². The van der Waals surface area contributed by atoms with Crippen LogP contribution in [0.2, 0.25) is 0 Å². The van der Waals surface area contributed by atoms with Gasteiger partial charge in [-0.3, -0.25) is 9.30 Å². The Morgan fingerprint density at radius 3 is 2.70 bits per heavy atom. The molecule has 0 unspecified atom stereocenters. The van der Waals surface area contributed by atoms with Gasteiger partial charge in [0.1, 0.15) is 5.82 Å². The number of anilines is 1. The van der Waals surface area contributed by atoms with Gasteiger partial charge in [-0.15, -0.1) is 10.2 Å². The molecule has 0 radical (unpaired) electrons. The minimum absolute atomic E-state index is 0.802. The number of rotatable bonds is 3. The molecule has 1 saturated heterocycles. The lowest BCUT2D eigenvalue weighted by molar-refractivity contribution is 0.219. The molecule has 1 aliphatic heterocycles. The molecule has 120 valence electrons. The van der Waals surface area contributed by atoms with E-state index in [9.17, 15) is 0 Å². The largest absolute Gasteiger partial charge is 0.360 e. The third-order valence-corrected chi connectivity index (χ3v) is 4.21. The Hall–Kier alpha value is -2.48. The van der Waals surface area contributed by atoms with E-state index in [1.807, 2.05) is 36.7 Å². The van der Waals surface area contributed by atoms with E-state index in [4.69, 9.17) is 4.52 Å². The van der Waals surface area contributed by atoms with Crippen molar-refractivity contribution in [3.63, 3.8) is 0 Å². The van der Waals surface area contributed by atoms with E-state index in [0.717, 1.165) is 61.5 Å². The van der Waals surface area contributed by atoms with Gasteiger partial charge in [0.25, 0.3) is 0 Å². The van der Waals surface area contributed by atoms with Crippen LogP contribution >= 0.6 is 0 Å². The number of aryl methyl sites for hydroxylation is 2. The van der Waals surface area contributed by atoms with Crippen LogP contribution in [0.3, 0.4) is 0 Å². The van der Waals surface area contributed by atoms with E-state index >= 15 is 0 Å². The molecule has 4 rings (SSSR count). The number of hydrogen-bond donors (Lipinski definition) is 0. The van der Waals surface area contributed by atoms with Crippen LogP contribution in [0.5, 0.6) is 0 Å². The van der Waals surface area contributed by atoms with Gasteiger partial charge in [-0.1, -0.05) is 5.16 Å². The summed E-state index contributed by atoms with van der Waals surface area (Å²) in [5.41, 5.74) is 1.75. The van der Waals surface area contributed by atoms with Crippen molar-refractivity contribution in [1.29, 1.82) is 0 Å². The molecule has 1 fully saturated rings. The van der Waals surface area contributed by atoms with Crippen LogP contribution in [0, 0.1) is 13.8 Å². The van der Waals surface area contributed by atoms with Crippen LogP contribution in [0.4, 0.5) is 5.82 Å². The minimum atomic E-state index is 0.802. The first-order valence-corrected chi connectivity index (χ1v) is 7.76. The van der Waals surface area contributed by atoms with Crippen molar-refractivity contribution < 1.29 is 4.52 Å². The molecule has 23 heavy (non-hydrogen) atoms. The summed E-state index contributed by atoms with van der Waals surface area (Å²) < 4.78 is 7.28. The molecule has 0 saturated carbocycles.